The summed E-state index contributed by atoms with van der Waals surface area (Å²) in [5.41, 5.74) is 0.879. The van der Waals surface area contributed by atoms with Crippen LogP contribution in [0.25, 0.3) is 0 Å². The molecule has 0 aliphatic carbocycles. The molecular formula is C7H9F2N. The SMILES string of the molecule is CC1=C[C@@H](C(F)F)NC=C1. The van der Waals surface area contributed by atoms with Gasteiger partial charge in [-0.2, -0.15) is 0 Å². The lowest BCUT2D eigenvalue weighted by Gasteiger charge is -2.15. The summed E-state index contributed by atoms with van der Waals surface area (Å²) in [4.78, 5) is 0. The summed E-state index contributed by atoms with van der Waals surface area (Å²) in [6.45, 7) is 1.80. The first-order valence-electron chi connectivity index (χ1n) is 3.09. The second-order valence-electron chi connectivity index (χ2n) is 2.27. The van der Waals surface area contributed by atoms with Crippen LogP contribution in [0.5, 0.6) is 0 Å². The maximum Gasteiger partial charge on any atom is 0.261 e. The molecule has 1 aliphatic rings. The summed E-state index contributed by atoms with van der Waals surface area (Å²) in [5.74, 6) is 0. The summed E-state index contributed by atoms with van der Waals surface area (Å²) in [5, 5.41) is 2.54. The molecule has 56 valence electrons. The summed E-state index contributed by atoms with van der Waals surface area (Å²) in [6.07, 6.45) is 2.51. The molecule has 0 radical (unpaired) electrons. The Morgan fingerprint density at radius 3 is 2.70 bits per heavy atom. The van der Waals surface area contributed by atoms with E-state index in [0.29, 0.717) is 0 Å². The van der Waals surface area contributed by atoms with E-state index in [1.807, 2.05) is 0 Å². The summed E-state index contributed by atoms with van der Waals surface area (Å²) in [6, 6.07) is -0.801. The van der Waals surface area contributed by atoms with Crippen LogP contribution in [0.3, 0.4) is 0 Å². The highest BCUT2D eigenvalue weighted by atomic mass is 19.3. The van der Waals surface area contributed by atoms with Crippen molar-refractivity contribution >= 4 is 0 Å². The lowest BCUT2D eigenvalue weighted by atomic mass is 10.1. The molecule has 0 aromatic heterocycles. The first-order chi connectivity index (χ1) is 4.70. The van der Waals surface area contributed by atoms with Crippen LogP contribution in [0.15, 0.2) is 23.9 Å². The van der Waals surface area contributed by atoms with Crippen molar-refractivity contribution in [1.82, 2.24) is 5.32 Å². The van der Waals surface area contributed by atoms with E-state index >= 15 is 0 Å². The van der Waals surface area contributed by atoms with E-state index in [1.54, 1.807) is 19.2 Å². The minimum Gasteiger partial charge on any atom is -0.379 e. The fourth-order valence-corrected chi connectivity index (χ4v) is 0.823. The van der Waals surface area contributed by atoms with Crippen LogP contribution in [0.2, 0.25) is 0 Å². The van der Waals surface area contributed by atoms with Crippen molar-refractivity contribution in [2.24, 2.45) is 0 Å². The molecule has 0 saturated carbocycles. The molecule has 10 heavy (non-hydrogen) atoms. The molecule has 0 aromatic carbocycles. The van der Waals surface area contributed by atoms with Gasteiger partial charge in [-0.05, 0) is 19.2 Å². The maximum atomic E-state index is 12.0. The highest BCUT2D eigenvalue weighted by molar-refractivity contribution is 5.22. The van der Waals surface area contributed by atoms with E-state index in [1.165, 1.54) is 6.08 Å². The first-order valence-corrected chi connectivity index (χ1v) is 3.09. The number of rotatable bonds is 1. The quantitative estimate of drug-likeness (QED) is 0.592. The Hall–Kier alpha value is -0.860. The molecular weight excluding hydrogens is 136 g/mol. The smallest absolute Gasteiger partial charge is 0.261 e. The van der Waals surface area contributed by atoms with Gasteiger partial charge < -0.3 is 5.32 Å². The average molecular weight is 145 g/mol. The van der Waals surface area contributed by atoms with Crippen molar-refractivity contribution in [3.8, 4) is 0 Å². The Bertz CT molecular complexity index is 172. The number of allylic oxidation sites excluding steroid dienone is 2. The topological polar surface area (TPSA) is 12.0 Å². The van der Waals surface area contributed by atoms with Gasteiger partial charge >= 0.3 is 0 Å². The molecule has 1 N–H and O–H groups in total. The van der Waals surface area contributed by atoms with Crippen LogP contribution in [0.4, 0.5) is 8.78 Å². The Morgan fingerprint density at radius 2 is 2.30 bits per heavy atom. The van der Waals surface area contributed by atoms with E-state index in [4.69, 9.17) is 0 Å². The zero-order valence-electron chi connectivity index (χ0n) is 5.64. The summed E-state index contributed by atoms with van der Waals surface area (Å²) in [7, 11) is 0. The third-order valence-corrected chi connectivity index (χ3v) is 1.35. The van der Waals surface area contributed by atoms with Gasteiger partial charge in [-0.3, -0.25) is 0 Å². The molecule has 1 aliphatic heterocycles. The van der Waals surface area contributed by atoms with E-state index in [2.05, 4.69) is 5.32 Å². The first kappa shape index (κ1) is 7.25. The minimum atomic E-state index is -2.32. The van der Waals surface area contributed by atoms with Crippen molar-refractivity contribution in [1.29, 1.82) is 0 Å². The lowest BCUT2D eigenvalue weighted by molar-refractivity contribution is 0.122. The minimum absolute atomic E-state index is 0.801. The number of halogens is 2. The van der Waals surface area contributed by atoms with Crippen molar-refractivity contribution in [2.75, 3.05) is 0 Å². The van der Waals surface area contributed by atoms with Crippen LogP contribution in [-0.2, 0) is 0 Å². The summed E-state index contributed by atoms with van der Waals surface area (Å²) >= 11 is 0. The summed E-state index contributed by atoms with van der Waals surface area (Å²) < 4.78 is 23.9. The molecule has 1 atom stereocenters. The highest BCUT2D eigenvalue weighted by Gasteiger charge is 2.16. The third-order valence-electron chi connectivity index (χ3n) is 1.35. The molecule has 0 fully saturated rings. The van der Waals surface area contributed by atoms with E-state index in [9.17, 15) is 8.78 Å². The van der Waals surface area contributed by atoms with Gasteiger partial charge in [0.05, 0.1) is 0 Å². The van der Waals surface area contributed by atoms with Crippen LogP contribution in [0.1, 0.15) is 6.92 Å². The van der Waals surface area contributed by atoms with Crippen LogP contribution in [-0.4, -0.2) is 12.5 Å². The van der Waals surface area contributed by atoms with Crippen molar-refractivity contribution in [3.05, 3.63) is 23.9 Å². The van der Waals surface area contributed by atoms with Gasteiger partial charge in [0, 0.05) is 0 Å². The van der Waals surface area contributed by atoms with Gasteiger partial charge in [-0.15, -0.1) is 0 Å². The predicted octanol–water partition coefficient (Wildman–Crippen LogP) is 1.68. The molecule has 0 saturated heterocycles. The largest absolute Gasteiger partial charge is 0.379 e. The van der Waals surface area contributed by atoms with Crippen molar-refractivity contribution in [3.63, 3.8) is 0 Å². The van der Waals surface area contributed by atoms with Gasteiger partial charge in [0.25, 0.3) is 6.43 Å². The highest BCUT2D eigenvalue weighted by Crippen LogP contribution is 2.09. The standard InChI is InChI=1S/C7H9F2N/c1-5-2-3-10-6(4-5)7(8)9/h2-4,6-7,10H,1H3/t6-/m0/s1. The van der Waals surface area contributed by atoms with Crippen LogP contribution < -0.4 is 5.32 Å². The number of hydrogen-bond donors (Lipinski definition) is 1. The average Bonchev–Trinajstić information content (AvgIpc) is 1.88. The van der Waals surface area contributed by atoms with Crippen molar-refractivity contribution in [2.45, 2.75) is 19.4 Å². The predicted molar refractivity (Wildman–Crippen MR) is 35.8 cm³/mol. The van der Waals surface area contributed by atoms with Gasteiger partial charge in [-0.1, -0.05) is 11.6 Å². The molecule has 0 spiro atoms. The van der Waals surface area contributed by atoms with Gasteiger partial charge in [0.2, 0.25) is 0 Å². The van der Waals surface area contributed by atoms with E-state index in [0.717, 1.165) is 5.57 Å². The number of nitrogens with one attached hydrogen (secondary N) is 1. The number of dihydropyridines is 1. The van der Waals surface area contributed by atoms with Crippen LogP contribution in [0, 0.1) is 0 Å². The Balaban J connectivity index is 2.60. The second-order valence-corrected chi connectivity index (χ2v) is 2.27. The Labute approximate surface area is 58.4 Å². The fourth-order valence-electron chi connectivity index (χ4n) is 0.823. The molecule has 1 rings (SSSR count). The fraction of sp³-hybridized carbons (Fsp3) is 0.429. The van der Waals surface area contributed by atoms with Gasteiger partial charge in [-0.25, -0.2) is 8.78 Å². The molecule has 3 heteroatoms. The number of alkyl halides is 2. The van der Waals surface area contributed by atoms with Gasteiger partial charge in [0.1, 0.15) is 6.04 Å². The second kappa shape index (κ2) is 2.82. The third kappa shape index (κ3) is 1.56. The van der Waals surface area contributed by atoms with E-state index in [-0.39, 0.29) is 0 Å². The molecule has 1 nitrogen and oxygen atoms in total. The molecule has 0 unspecified atom stereocenters. The molecule has 1 heterocycles. The lowest BCUT2D eigenvalue weighted by Crippen LogP contribution is -2.31. The van der Waals surface area contributed by atoms with Crippen molar-refractivity contribution < 1.29 is 8.78 Å². The van der Waals surface area contributed by atoms with E-state index < -0.39 is 12.5 Å². The molecule has 0 aromatic rings. The maximum absolute atomic E-state index is 12.0. The molecule has 0 bridgehead atoms. The Morgan fingerprint density at radius 1 is 1.60 bits per heavy atom. The molecule has 0 amide bonds. The van der Waals surface area contributed by atoms with Gasteiger partial charge in [0.15, 0.2) is 0 Å². The zero-order valence-corrected chi connectivity index (χ0v) is 5.64. The monoisotopic (exact) mass is 145 g/mol. The normalized spacial score (nSPS) is 24.4. The zero-order chi connectivity index (χ0) is 7.56. The van der Waals surface area contributed by atoms with Crippen LogP contribution >= 0.6 is 0 Å². The Kier molecular flexibility index (Phi) is 2.04. The number of hydrogen-bond acceptors (Lipinski definition) is 1.